The molecule has 17 heavy (non-hydrogen) atoms. The Morgan fingerprint density at radius 2 is 2.29 bits per heavy atom. The lowest BCUT2D eigenvalue weighted by Crippen LogP contribution is -2.40. The zero-order valence-electron chi connectivity index (χ0n) is 11.0. The smallest absolute Gasteiger partial charge is 0.239 e. The fraction of sp³-hybridized carbons (Fsp3) is 0.923. The molecule has 0 aromatic rings. The predicted molar refractivity (Wildman–Crippen MR) is 66.8 cm³/mol. The van der Waals surface area contributed by atoms with Gasteiger partial charge in [-0.3, -0.25) is 4.79 Å². The molecule has 0 bridgehead atoms. The molecule has 1 atom stereocenters. The van der Waals surface area contributed by atoms with E-state index in [4.69, 9.17) is 4.74 Å². The predicted octanol–water partition coefficient (Wildman–Crippen LogP) is 1.01. The highest BCUT2D eigenvalue weighted by Gasteiger charge is 2.46. The summed E-state index contributed by atoms with van der Waals surface area (Å²) in [7, 11) is 1.75. The van der Waals surface area contributed by atoms with E-state index in [1.807, 2.05) is 0 Å². The molecule has 98 valence electrons. The van der Waals surface area contributed by atoms with Gasteiger partial charge in [-0.2, -0.15) is 0 Å². The van der Waals surface area contributed by atoms with Crippen LogP contribution >= 0.6 is 0 Å². The number of rotatable bonds is 7. The van der Waals surface area contributed by atoms with E-state index in [2.05, 4.69) is 17.1 Å². The monoisotopic (exact) mass is 240 g/mol. The van der Waals surface area contributed by atoms with Crippen LogP contribution in [0.2, 0.25) is 0 Å². The first-order chi connectivity index (χ1) is 8.21. The second kappa shape index (κ2) is 5.36. The molecule has 1 unspecified atom stereocenters. The van der Waals surface area contributed by atoms with Crippen LogP contribution in [0.3, 0.4) is 0 Å². The molecule has 1 saturated heterocycles. The van der Waals surface area contributed by atoms with Crippen LogP contribution in [0.5, 0.6) is 0 Å². The number of nitrogens with one attached hydrogen (secondary N) is 1. The first-order valence-electron chi connectivity index (χ1n) is 6.72. The summed E-state index contributed by atoms with van der Waals surface area (Å²) in [5.74, 6) is 0.301. The van der Waals surface area contributed by atoms with Crippen LogP contribution in [-0.2, 0) is 9.53 Å². The third-order valence-electron chi connectivity index (χ3n) is 4.07. The number of amides is 1. The molecule has 2 rings (SSSR count). The van der Waals surface area contributed by atoms with Crippen molar-refractivity contribution in [2.75, 3.05) is 33.4 Å². The minimum Gasteiger partial charge on any atom is -0.385 e. The summed E-state index contributed by atoms with van der Waals surface area (Å²) in [4.78, 5) is 14.2. The van der Waals surface area contributed by atoms with Gasteiger partial charge in [0.1, 0.15) is 0 Å². The van der Waals surface area contributed by atoms with Crippen LogP contribution in [0.25, 0.3) is 0 Å². The van der Waals surface area contributed by atoms with E-state index in [-0.39, 0.29) is 6.04 Å². The van der Waals surface area contributed by atoms with Crippen molar-refractivity contribution in [3.8, 4) is 0 Å². The van der Waals surface area contributed by atoms with Crippen molar-refractivity contribution >= 4 is 5.91 Å². The average molecular weight is 240 g/mol. The van der Waals surface area contributed by atoms with Crippen LogP contribution in [0.4, 0.5) is 0 Å². The quantitative estimate of drug-likeness (QED) is 0.722. The van der Waals surface area contributed by atoms with E-state index in [9.17, 15) is 4.79 Å². The van der Waals surface area contributed by atoms with Crippen molar-refractivity contribution in [3.05, 3.63) is 0 Å². The lowest BCUT2D eigenvalue weighted by Gasteiger charge is -2.23. The van der Waals surface area contributed by atoms with E-state index in [1.54, 1.807) is 7.11 Å². The zero-order valence-corrected chi connectivity index (χ0v) is 11.0. The lowest BCUT2D eigenvalue weighted by molar-refractivity contribution is -0.130. The molecule has 1 N–H and O–H groups in total. The molecular weight excluding hydrogens is 216 g/mol. The van der Waals surface area contributed by atoms with Gasteiger partial charge in [0.2, 0.25) is 5.91 Å². The second-order valence-corrected chi connectivity index (χ2v) is 5.40. The second-order valence-electron chi connectivity index (χ2n) is 5.40. The molecule has 2 aliphatic rings. The molecule has 1 aliphatic carbocycles. The summed E-state index contributed by atoms with van der Waals surface area (Å²) in [6.07, 6.45) is 4.57. The third-order valence-corrected chi connectivity index (χ3v) is 4.07. The summed E-state index contributed by atoms with van der Waals surface area (Å²) in [5.41, 5.74) is 0.382. The van der Waals surface area contributed by atoms with Crippen LogP contribution in [0.15, 0.2) is 0 Å². The normalized spacial score (nSPS) is 26.6. The first-order valence-corrected chi connectivity index (χ1v) is 6.72. The van der Waals surface area contributed by atoms with Gasteiger partial charge in [0, 0.05) is 26.8 Å². The van der Waals surface area contributed by atoms with Crippen molar-refractivity contribution in [2.45, 2.75) is 38.6 Å². The van der Waals surface area contributed by atoms with Crippen molar-refractivity contribution in [1.29, 1.82) is 0 Å². The molecular formula is C13H24N2O2. The molecule has 0 aromatic carbocycles. The summed E-state index contributed by atoms with van der Waals surface area (Å²) in [5, 5.41) is 3.26. The van der Waals surface area contributed by atoms with Gasteiger partial charge >= 0.3 is 0 Å². The Hall–Kier alpha value is -0.610. The average Bonchev–Trinajstić information content (AvgIpc) is 3.02. The highest BCUT2D eigenvalue weighted by atomic mass is 16.5. The summed E-state index contributed by atoms with van der Waals surface area (Å²) < 4.78 is 5.15. The number of hydrogen-bond acceptors (Lipinski definition) is 3. The Morgan fingerprint density at radius 3 is 2.88 bits per heavy atom. The largest absolute Gasteiger partial charge is 0.385 e. The van der Waals surface area contributed by atoms with Gasteiger partial charge in [-0.1, -0.05) is 6.92 Å². The van der Waals surface area contributed by atoms with E-state index in [0.29, 0.717) is 11.3 Å². The van der Waals surface area contributed by atoms with Gasteiger partial charge in [-0.25, -0.2) is 0 Å². The highest BCUT2D eigenvalue weighted by molar-refractivity contribution is 5.84. The molecule has 0 radical (unpaired) electrons. The molecule has 1 saturated carbocycles. The van der Waals surface area contributed by atoms with Gasteiger partial charge in [0.25, 0.3) is 0 Å². The van der Waals surface area contributed by atoms with Crippen molar-refractivity contribution in [3.63, 3.8) is 0 Å². The van der Waals surface area contributed by atoms with E-state index >= 15 is 0 Å². The van der Waals surface area contributed by atoms with Crippen molar-refractivity contribution < 1.29 is 9.53 Å². The van der Waals surface area contributed by atoms with Gasteiger partial charge < -0.3 is 15.0 Å². The summed E-state index contributed by atoms with van der Waals surface area (Å²) >= 11 is 0. The molecule has 2 fully saturated rings. The number of methoxy groups -OCH3 is 1. The van der Waals surface area contributed by atoms with Gasteiger partial charge in [-0.15, -0.1) is 0 Å². The van der Waals surface area contributed by atoms with Gasteiger partial charge in [0.05, 0.1) is 6.04 Å². The Kier molecular flexibility index (Phi) is 4.05. The molecule has 4 nitrogen and oxygen atoms in total. The molecule has 0 spiro atoms. The van der Waals surface area contributed by atoms with Crippen molar-refractivity contribution in [2.24, 2.45) is 5.41 Å². The van der Waals surface area contributed by atoms with Crippen LogP contribution < -0.4 is 5.32 Å². The topological polar surface area (TPSA) is 41.6 Å². The van der Waals surface area contributed by atoms with E-state index in [0.717, 1.165) is 39.1 Å². The number of hydrogen-bond donors (Lipinski definition) is 1. The Morgan fingerprint density at radius 1 is 1.53 bits per heavy atom. The summed E-state index contributed by atoms with van der Waals surface area (Å²) in [6.45, 7) is 5.61. The molecule has 0 aromatic heterocycles. The maximum Gasteiger partial charge on any atom is 0.239 e. The number of nitrogens with zero attached hydrogens (tertiary/aromatic N) is 1. The Balaban J connectivity index is 1.82. The Labute approximate surface area is 104 Å². The first kappa shape index (κ1) is 12.8. The summed E-state index contributed by atoms with van der Waals surface area (Å²) in [6, 6.07) is 0.0678. The van der Waals surface area contributed by atoms with E-state index < -0.39 is 0 Å². The highest BCUT2D eigenvalue weighted by Crippen LogP contribution is 2.49. The number of ether oxygens (including phenoxy) is 1. The van der Waals surface area contributed by atoms with Crippen LogP contribution in [-0.4, -0.2) is 50.2 Å². The van der Waals surface area contributed by atoms with E-state index in [1.165, 1.54) is 12.8 Å². The number of likely N-dealkylation sites (tertiary alicyclic amines) is 1. The SMILES string of the molecule is CCNC1CCN(CC2(CCOC)CC2)C1=O. The molecule has 1 aliphatic heterocycles. The number of carbonyl (C=O) groups excluding carboxylic acids is 1. The zero-order chi connectivity index (χ0) is 12.3. The minimum atomic E-state index is 0.0678. The number of likely N-dealkylation sites (N-methyl/N-ethyl adjacent to an activating group) is 1. The van der Waals surface area contributed by atoms with Crippen LogP contribution in [0, 0.1) is 5.41 Å². The van der Waals surface area contributed by atoms with Crippen LogP contribution in [0.1, 0.15) is 32.6 Å². The van der Waals surface area contributed by atoms with Gasteiger partial charge in [0.15, 0.2) is 0 Å². The molecule has 4 heteroatoms. The fourth-order valence-corrected chi connectivity index (χ4v) is 2.72. The maximum atomic E-state index is 12.1. The molecule has 1 heterocycles. The van der Waals surface area contributed by atoms with Crippen molar-refractivity contribution in [1.82, 2.24) is 10.2 Å². The maximum absolute atomic E-state index is 12.1. The van der Waals surface area contributed by atoms with Gasteiger partial charge in [-0.05, 0) is 37.6 Å². The fourth-order valence-electron chi connectivity index (χ4n) is 2.72. The minimum absolute atomic E-state index is 0.0678. The third kappa shape index (κ3) is 2.99. The standard InChI is InChI=1S/C13H24N2O2/c1-3-14-11-4-8-15(12(11)16)10-13(5-6-13)7-9-17-2/h11,14H,3-10H2,1-2H3. The Bertz CT molecular complexity index is 277. The molecule has 1 amide bonds. The number of carbonyl (C=O) groups is 1. The lowest BCUT2D eigenvalue weighted by atomic mass is 10.0.